The Kier molecular flexibility index (Phi) is 7.18. The van der Waals surface area contributed by atoms with Crippen LogP contribution < -0.4 is 5.32 Å². The highest BCUT2D eigenvalue weighted by Crippen LogP contribution is 2.10. The molecule has 15 heavy (non-hydrogen) atoms. The highest BCUT2D eigenvalue weighted by atomic mass is 32.2. The highest BCUT2D eigenvalue weighted by Gasteiger charge is 2.22. The average molecular weight is 235 g/mol. The molecule has 0 aromatic carbocycles. The maximum atomic E-state index is 11.9. The smallest absolute Gasteiger partial charge is 0.154 e. The summed E-state index contributed by atoms with van der Waals surface area (Å²) in [6.07, 6.45) is 1.96. The van der Waals surface area contributed by atoms with E-state index in [1.807, 2.05) is 13.8 Å². The van der Waals surface area contributed by atoms with Crippen LogP contribution in [0.15, 0.2) is 0 Å². The summed E-state index contributed by atoms with van der Waals surface area (Å²) in [5.74, 6) is 0.585. The van der Waals surface area contributed by atoms with Crippen molar-refractivity contribution in [2.45, 2.75) is 45.8 Å². The third kappa shape index (κ3) is 6.15. The van der Waals surface area contributed by atoms with Crippen LogP contribution in [0.3, 0.4) is 0 Å². The molecule has 0 saturated heterocycles. The van der Waals surface area contributed by atoms with Gasteiger partial charge in [0.1, 0.15) is 0 Å². The Bertz CT molecular complexity index is 249. The summed E-state index contributed by atoms with van der Waals surface area (Å²) in [6, 6.07) is 0. The molecule has 0 aromatic heterocycles. The van der Waals surface area contributed by atoms with Crippen LogP contribution in [0.5, 0.6) is 0 Å². The Labute approximate surface area is 94.6 Å². The standard InChI is InChI=1S/C11H25NO2S/c1-5-7-12-8-11(4)15(13,14)9-10(3)6-2/h10-12H,5-9H2,1-4H3. The molecule has 0 amide bonds. The third-order valence-corrected chi connectivity index (χ3v) is 5.11. The molecule has 4 heteroatoms. The van der Waals surface area contributed by atoms with Crippen molar-refractivity contribution in [1.29, 1.82) is 0 Å². The van der Waals surface area contributed by atoms with Crippen molar-refractivity contribution < 1.29 is 8.42 Å². The van der Waals surface area contributed by atoms with E-state index in [4.69, 9.17) is 0 Å². The van der Waals surface area contributed by atoms with E-state index in [9.17, 15) is 8.42 Å². The number of rotatable bonds is 8. The van der Waals surface area contributed by atoms with E-state index < -0.39 is 9.84 Å². The fourth-order valence-electron chi connectivity index (χ4n) is 1.29. The lowest BCUT2D eigenvalue weighted by molar-refractivity contribution is 0.546. The number of sulfone groups is 1. The van der Waals surface area contributed by atoms with Gasteiger partial charge in [0.2, 0.25) is 0 Å². The van der Waals surface area contributed by atoms with Gasteiger partial charge in [-0.3, -0.25) is 0 Å². The monoisotopic (exact) mass is 235 g/mol. The van der Waals surface area contributed by atoms with Crippen LogP contribution in [0.4, 0.5) is 0 Å². The van der Waals surface area contributed by atoms with Gasteiger partial charge in [0.15, 0.2) is 9.84 Å². The van der Waals surface area contributed by atoms with E-state index >= 15 is 0 Å². The maximum absolute atomic E-state index is 11.9. The summed E-state index contributed by atoms with van der Waals surface area (Å²) in [6.45, 7) is 9.35. The Balaban J connectivity index is 4.08. The minimum Gasteiger partial charge on any atom is -0.315 e. The first-order valence-corrected chi connectivity index (χ1v) is 7.57. The van der Waals surface area contributed by atoms with Crippen LogP contribution >= 0.6 is 0 Å². The minimum atomic E-state index is -2.91. The van der Waals surface area contributed by atoms with Gasteiger partial charge in [0, 0.05) is 6.54 Å². The Morgan fingerprint density at radius 1 is 1.20 bits per heavy atom. The predicted molar refractivity (Wildman–Crippen MR) is 65.9 cm³/mol. The van der Waals surface area contributed by atoms with E-state index in [0.29, 0.717) is 12.3 Å². The van der Waals surface area contributed by atoms with E-state index in [1.54, 1.807) is 6.92 Å². The van der Waals surface area contributed by atoms with Crippen molar-refractivity contribution in [1.82, 2.24) is 5.32 Å². The zero-order valence-electron chi connectivity index (χ0n) is 10.4. The zero-order valence-corrected chi connectivity index (χ0v) is 11.2. The molecule has 0 spiro atoms. The molecule has 0 heterocycles. The van der Waals surface area contributed by atoms with Crippen molar-refractivity contribution in [3.63, 3.8) is 0 Å². The quantitative estimate of drug-likeness (QED) is 0.653. The summed E-state index contributed by atoms with van der Waals surface area (Å²) in [4.78, 5) is 0. The number of nitrogens with one attached hydrogen (secondary N) is 1. The molecule has 0 aliphatic carbocycles. The van der Waals surface area contributed by atoms with Crippen LogP contribution in [0, 0.1) is 5.92 Å². The second-order valence-corrected chi connectivity index (χ2v) is 6.82. The SMILES string of the molecule is CCCNCC(C)S(=O)(=O)CC(C)CC. The molecule has 2 unspecified atom stereocenters. The number of hydrogen-bond acceptors (Lipinski definition) is 3. The van der Waals surface area contributed by atoms with Gasteiger partial charge in [-0.15, -0.1) is 0 Å². The molecule has 0 rings (SSSR count). The summed E-state index contributed by atoms with van der Waals surface area (Å²) < 4.78 is 23.7. The van der Waals surface area contributed by atoms with Crippen LogP contribution in [0.1, 0.15) is 40.5 Å². The molecule has 0 aliphatic rings. The first-order valence-electron chi connectivity index (χ1n) is 5.86. The van der Waals surface area contributed by atoms with Gasteiger partial charge in [0.25, 0.3) is 0 Å². The van der Waals surface area contributed by atoms with Crippen LogP contribution in [0.25, 0.3) is 0 Å². The second-order valence-electron chi connectivity index (χ2n) is 4.36. The molecular weight excluding hydrogens is 210 g/mol. The van der Waals surface area contributed by atoms with Crippen LogP contribution in [0.2, 0.25) is 0 Å². The minimum absolute atomic E-state index is 0.266. The van der Waals surface area contributed by atoms with Gasteiger partial charge in [-0.05, 0) is 25.8 Å². The molecule has 3 nitrogen and oxygen atoms in total. The van der Waals surface area contributed by atoms with Crippen molar-refractivity contribution in [2.75, 3.05) is 18.8 Å². The van der Waals surface area contributed by atoms with Crippen molar-refractivity contribution in [3.05, 3.63) is 0 Å². The molecular formula is C11H25NO2S. The molecule has 0 bridgehead atoms. The maximum Gasteiger partial charge on any atom is 0.154 e. The average Bonchev–Trinajstić information content (AvgIpc) is 2.17. The highest BCUT2D eigenvalue weighted by molar-refractivity contribution is 7.92. The van der Waals surface area contributed by atoms with Gasteiger partial charge in [-0.1, -0.05) is 27.2 Å². The van der Waals surface area contributed by atoms with Gasteiger partial charge in [-0.2, -0.15) is 0 Å². The molecule has 0 saturated carbocycles. The van der Waals surface area contributed by atoms with Crippen LogP contribution in [-0.2, 0) is 9.84 Å². The third-order valence-electron chi connectivity index (χ3n) is 2.69. The fourth-order valence-corrected chi connectivity index (χ4v) is 3.02. The van der Waals surface area contributed by atoms with Gasteiger partial charge >= 0.3 is 0 Å². The molecule has 1 N–H and O–H groups in total. The summed E-state index contributed by atoms with van der Waals surface area (Å²) >= 11 is 0. The van der Waals surface area contributed by atoms with E-state index in [2.05, 4.69) is 12.2 Å². The summed E-state index contributed by atoms with van der Waals surface area (Å²) in [5, 5.41) is 2.89. The van der Waals surface area contributed by atoms with Gasteiger partial charge in [0.05, 0.1) is 11.0 Å². The van der Waals surface area contributed by atoms with Crippen molar-refractivity contribution in [3.8, 4) is 0 Å². The largest absolute Gasteiger partial charge is 0.315 e. The lowest BCUT2D eigenvalue weighted by Crippen LogP contribution is -2.34. The summed E-state index contributed by atoms with van der Waals surface area (Å²) in [7, 11) is -2.91. The fraction of sp³-hybridized carbons (Fsp3) is 1.00. The summed E-state index contributed by atoms with van der Waals surface area (Å²) in [5.41, 5.74) is 0. The number of hydrogen-bond donors (Lipinski definition) is 1. The lowest BCUT2D eigenvalue weighted by Gasteiger charge is -2.16. The van der Waals surface area contributed by atoms with Crippen molar-refractivity contribution >= 4 is 9.84 Å². The van der Waals surface area contributed by atoms with Crippen molar-refractivity contribution in [2.24, 2.45) is 5.92 Å². The first-order chi connectivity index (χ1) is 6.94. The van der Waals surface area contributed by atoms with E-state index in [-0.39, 0.29) is 11.2 Å². The zero-order chi connectivity index (χ0) is 11.9. The molecule has 2 atom stereocenters. The lowest BCUT2D eigenvalue weighted by atomic mass is 10.2. The van der Waals surface area contributed by atoms with Gasteiger partial charge < -0.3 is 5.32 Å². The topological polar surface area (TPSA) is 46.2 Å². The van der Waals surface area contributed by atoms with Gasteiger partial charge in [-0.25, -0.2) is 8.42 Å². The Morgan fingerprint density at radius 2 is 1.80 bits per heavy atom. The Hall–Kier alpha value is -0.0900. The molecule has 0 aromatic rings. The first kappa shape index (κ1) is 14.9. The molecule has 0 radical (unpaired) electrons. The molecule has 92 valence electrons. The van der Waals surface area contributed by atoms with E-state index in [1.165, 1.54) is 0 Å². The van der Waals surface area contributed by atoms with E-state index in [0.717, 1.165) is 19.4 Å². The molecule has 0 fully saturated rings. The predicted octanol–water partition coefficient (Wildman–Crippen LogP) is 1.84. The van der Waals surface area contributed by atoms with Crippen LogP contribution in [-0.4, -0.2) is 32.5 Å². The Morgan fingerprint density at radius 3 is 2.27 bits per heavy atom. The normalized spacial score (nSPS) is 16.3. The molecule has 0 aliphatic heterocycles. The second kappa shape index (κ2) is 7.23.